The molecule has 0 fully saturated rings. The van der Waals surface area contributed by atoms with Gasteiger partial charge in [-0.15, -0.1) is 0 Å². The molecule has 0 bridgehead atoms. The number of non-ortho nitro benzene ring substituents is 1. The van der Waals surface area contributed by atoms with E-state index in [9.17, 15) is 10.1 Å². The van der Waals surface area contributed by atoms with Gasteiger partial charge in [-0.05, 0) is 13.0 Å². The third-order valence-electron chi connectivity index (χ3n) is 1.92. The highest BCUT2D eigenvalue weighted by Crippen LogP contribution is 2.21. The van der Waals surface area contributed by atoms with E-state index in [0.717, 1.165) is 0 Å². The predicted octanol–water partition coefficient (Wildman–Crippen LogP) is 1.26. The summed E-state index contributed by atoms with van der Waals surface area (Å²) >= 11 is 0. The van der Waals surface area contributed by atoms with Crippen LogP contribution in [-0.4, -0.2) is 22.7 Å². The molecule has 0 aromatic heterocycles. The Kier molecular flexibility index (Phi) is 3.80. The van der Waals surface area contributed by atoms with Crippen LogP contribution in [0.15, 0.2) is 18.2 Å². The van der Waals surface area contributed by atoms with Gasteiger partial charge in [0.15, 0.2) is 0 Å². The van der Waals surface area contributed by atoms with Gasteiger partial charge in [0.2, 0.25) is 0 Å². The third kappa shape index (κ3) is 2.93. The number of anilines is 1. The Balaban J connectivity index is 2.94. The van der Waals surface area contributed by atoms with Gasteiger partial charge in [0.05, 0.1) is 22.3 Å². The van der Waals surface area contributed by atoms with E-state index in [1.54, 1.807) is 6.92 Å². The van der Waals surface area contributed by atoms with E-state index in [1.165, 1.54) is 18.2 Å². The number of benzene rings is 1. The molecular weight excluding hydrogens is 210 g/mol. The van der Waals surface area contributed by atoms with E-state index in [4.69, 9.17) is 10.4 Å². The molecule has 0 aliphatic carbocycles. The second kappa shape index (κ2) is 5.09. The van der Waals surface area contributed by atoms with Crippen LogP contribution in [0.1, 0.15) is 12.5 Å². The maximum Gasteiger partial charge on any atom is 0.270 e. The van der Waals surface area contributed by atoms with Crippen molar-refractivity contribution >= 4 is 11.4 Å². The minimum atomic E-state index is -0.556. The number of nitro benzene ring substituents is 1. The summed E-state index contributed by atoms with van der Waals surface area (Å²) in [4.78, 5) is 9.93. The van der Waals surface area contributed by atoms with Crippen LogP contribution in [0.4, 0.5) is 11.4 Å². The Morgan fingerprint density at radius 3 is 2.88 bits per heavy atom. The van der Waals surface area contributed by atoms with Crippen molar-refractivity contribution in [2.24, 2.45) is 0 Å². The number of rotatable bonds is 4. The zero-order chi connectivity index (χ0) is 12.1. The molecule has 16 heavy (non-hydrogen) atoms. The van der Waals surface area contributed by atoms with Gasteiger partial charge in [-0.3, -0.25) is 10.1 Å². The van der Waals surface area contributed by atoms with E-state index in [0.29, 0.717) is 5.69 Å². The molecule has 0 amide bonds. The summed E-state index contributed by atoms with van der Waals surface area (Å²) in [5.74, 6) is 0. The lowest BCUT2D eigenvalue weighted by atomic mass is 10.1. The van der Waals surface area contributed by atoms with Crippen LogP contribution < -0.4 is 5.32 Å². The first-order valence-electron chi connectivity index (χ1n) is 4.65. The van der Waals surface area contributed by atoms with E-state index >= 15 is 0 Å². The Bertz CT molecular complexity index is 437. The van der Waals surface area contributed by atoms with E-state index in [1.807, 2.05) is 6.07 Å². The first-order valence-corrected chi connectivity index (χ1v) is 4.65. The Morgan fingerprint density at radius 1 is 1.69 bits per heavy atom. The summed E-state index contributed by atoms with van der Waals surface area (Å²) in [6, 6.07) is 5.83. The van der Waals surface area contributed by atoms with Gasteiger partial charge in [-0.1, -0.05) is 0 Å². The third-order valence-corrected chi connectivity index (χ3v) is 1.92. The van der Waals surface area contributed by atoms with Gasteiger partial charge in [0.1, 0.15) is 6.07 Å². The standard InChI is InChI=1S/C10H11N3O3/c1-7(14)6-12-10-3-2-9(13(15)16)4-8(10)5-11/h2-4,7,12,14H,6H2,1H3. The van der Waals surface area contributed by atoms with Crippen LogP contribution >= 0.6 is 0 Å². The van der Waals surface area contributed by atoms with Gasteiger partial charge in [0.25, 0.3) is 5.69 Å². The number of nitrogens with zero attached hydrogens (tertiary/aromatic N) is 2. The van der Waals surface area contributed by atoms with Crippen molar-refractivity contribution in [3.8, 4) is 6.07 Å². The van der Waals surface area contributed by atoms with Crippen LogP contribution in [0.3, 0.4) is 0 Å². The molecule has 0 radical (unpaired) electrons. The van der Waals surface area contributed by atoms with Crippen LogP contribution in [0.2, 0.25) is 0 Å². The molecule has 0 saturated heterocycles. The topological polar surface area (TPSA) is 99.2 Å². The zero-order valence-corrected chi connectivity index (χ0v) is 8.67. The summed E-state index contributed by atoms with van der Waals surface area (Å²) in [5, 5.41) is 31.2. The molecule has 1 aromatic carbocycles. The number of hydrogen-bond acceptors (Lipinski definition) is 5. The van der Waals surface area contributed by atoms with Crippen molar-refractivity contribution < 1.29 is 10.0 Å². The molecule has 0 saturated carbocycles. The largest absolute Gasteiger partial charge is 0.392 e. The number of nitro groups is 1. The second-order valence-electron chi connectivity index (χ2n) is 3.33. The maximum absolute atomic E-state index is 10.5. The van der Waals surface area contributed by atoms with Crippen LogP contribution in [0, 0.1) is 21.4 Å². The predicted molar refractivity (Wildman–Crippen MR) is 58.0 cm³/mol. The van der Waals surface area contributed by atoms with Crippen molar-refractivity contribution in [2.75, 3.05) is 11.9 Å². The Morgan fingerprint density at radius 2 is 2.38 bits per heavy atom. The van der Waals surface area contributed by atoms with Gasteiger partial charge in [0, 0.05) is 18.7 Å². The Hall–Kier alpha value is -2.13. The van der Waals surface area contributed by atoms with Crippen LogP contribution in [0.5, 0.6) is 0 Å². The lowest BCUT2D eigenvalue weighted by molar-refractivity contribution is -0.384. The highest BCUT2D eigenvalue weighted by atomic mass is 16.6. The van der Waals surface area contributed by atoms with Crippen LogP contribution in [0.25, 0.3) is 0 Å². The first-order chi connectivity index (χ1) is 7.54. The average Bonchev–Trinajstić information content (AvgIpc) is 2.25. The smallest absolute Gasteiger partial charge is 0.270 e. The molecule has 0 heterocycles. The number of nitrogens with one attached hydrogen (secondary N) is 1. The number of nitriles is 1. The van der Waals surface area contributed by atoms with Crippen molar-refractivity contribution in [2.45, 2.75) is 13.0 Å². The maximum atomic E-state index is 10.5. The van der Waals surface area contributed by atoms with Crippen LogP contribution in [-0.2, 0) is 0 Å². The molecule has 1 unspecified atom stereocenters. The van der Waals surface area contributed by atoms with Crippen molar-refractivity contribution in [3.05, 3.63) is 33.9 Å². The van der Waals surface area contributed by atoms with Gasteiger partial charge in [-0.2, -0.15) is 5.26 Å². The molecule has 84 valence electrons. The lowest BCUT2D eigenvalue weighted by Crippen LogP contribution is -2.15. The second-order valence-corrected chi connectivity index (χ2v) is 3.33. The monoisotopic (exact) mass is 221 g/mol. The SMILES string of the molecule is CC(O)CNc1ccc([N+](=O)[O-])cc1C#N. The fourth-order valence-electron chi connectivity index (χ4n) is 1.15. The van der Waals surface area contributed by atoms with E-state index < -0.39 is 11.0 Å². The molecule has 2 N–H and O–H groups in total. The number of aliphatic hydroxyl groups excluding tert-OH is 1. The molecule has 6 nitrogen and oxygen atoms in total. The molecule has 1 aromatic rings. The minimum Gasteiger partial charge on any atom is -0.392 e. The fraction of sp³-hybridized carbons (Fsp3) is 0.300. The molecule has 0 spiro atoms. The van der Waals surface area contributed by atoms with Gasteiger partial charge >= 0.3 is 0 Å². The lowest BCUT2D eigenvalue weighted by Gasteiger charge is -2.09. The van der Waals surface area contributed by atoms with Gasteiger partial charge in [-0.25, -0.2) is 0 Å². The summed E-state index contributed by atoms with van der Waals surface area (Å²) in [6.07, 6.45) is -0.554. The molecule has 1 rings (SSSR count). The molecule has 6 heteroatoms. The molecule has 0 aliphatic rings. The summed E-state index contributed by atoms with van der Waals surface area (Å²) in [6.45, 7) is 1.89. The number of hydrogen-bond donors (Lipinski definition) is 2. The van der Waals surface area contributed by atoms with Crippen molar-refractivity contribution in [1.29, 1.82) is 5.26 Å². The molecule has 1 atom stereocenters. The minimum absolute atomic E-state index is 0.126. The Labute approximate surface area is 92.3 Å². The van der Waals surface area contributed by atoms with Gasteiger partial charge < -0.3 is 10.4 Å². The molecule has 0 aliphatic heterocycles. The van der Waals surface area contributed by atoms with Crippen molar-refractivity contribution in [1.82, 2.24) is 0 Å². The average molecular weight is 221 g/mol. The fourth-order valence-corrected chi connectivity index (χ4v) is 1.15. The molecular formula is C10H11N3O3. The summed E-state index contributed by atoms with van der Waals surface area (Å²) in [7, 11) is 0. The highest BCUT2D eigenvalue weighted by Gasteiger charge is 2.10. The van der Waals surface area contributed by atoms with Crippen molar-refractivity contribution in [3.63, 3.8) is 0 Å². The normalized spacial score (nSPS) is 11.6. The highest BCUT2D eigenvalue weighted by molar-refractivity contribution is 5.61. The zero-order valence-electron chi connectivity index (χ0n) is 8.67. The van der Waals surface area contributed by atoms with E-state index in [-0.39, 0.29) is 17.8 Å². The van der Waals surface area contributed by atoms with E-state index in [2.05, 4.69) is 5.32 Å². The number of aliphatic hydroxyl groups is 1. The first kappa shape index (κ1) is 11.9. The quantitative estimate of drug-likeness (QED) is 0.589. The summed E-state index contributed by atoms with van der Waals surface area (Å²) in [5.41, 5.74) is 0.544. The summed E-state index contributed by atoms with van der Waals surface area (Å²) < 4.78 is 0.